The molecular weight excluding hydrogens is 267 g/mol. The van der Waals surface area contributed by atoms with E-state index in [-0.39, 0.29) is 5.69 Å². The molecule has 0 saturated heterocycles. The number of pyridine rings is 1. The molecule has 0 amide bonds. The highest BCUT2D eigenvalue weighted by atomic mass is 127. The molecule has 1 rings (SSSR count). The Labute approximate surface area is 74.8 Å². The lowest BCUT2D eigenvalue weighted by Crippen LogP contribution is -2.04. The van der Waals surface area contributed by atoms with Crippen LogP contribution in [0.25, 0.3) is 0 Å². The van der Waals surface area contributed by atoms with Gasteiger partial charge < -0.3 is 4.98 Å². The fourth-order valence-electron chi connectivity index (χ4n) is 0.647. The molecule has 0 bridgehead atoms. The van der Waals surface area contributed by atoms with Gasteiger partial charge in [-0.15, -0.1) is 0 Å². The van der Waals surface area contributed by atoms with E-state index in [4.69, 9.17) is 0 Å². The van der Waals surface area contributed by atoms with Crippen LogP contribution in [0, 0.1) is 3.70 Å². The van der Waals surface area contributed by atoms with Crippen molar-refractivity contribution in [3.63, 3.8) is 0 Å². The number of hydrogen-bond donors (Lipinski definition) is 1. The standard InChI is InChI=1S/C6H4F2INO/c7-6(8)4-1-3(11)2-5(9)10-4/h1-2,6H,(H,10,11). The van der Waals surface area contributed by atoms with Gasteiger partial charge in [0, 0.05) is 12.1 Å². The minimum absolute atomic E-state index is 0.332. The van der Waals surface area contributed by atoms with Crippen molar-refractivity contribution < 1.29 is 8.78 Å². The van der Waals surface area contributed by atoms with Crippen LogP contribution in [-0.2, 0) is 0 Å². The Morgan fingerprint density at radius 3 is 2.55 bits per heavy atom. The third kappa shape index (κ3) is 2.25. The number of aromatic amines is 1. The lowest BCUT2D eigenvalue weighted by molar-refractivity contribution is 0.145. The Bertz CT molecular complexity index is 310. The van der Waals surface area contributed by atoms with Gasteiger partial charge in [-0.05, 0) is 22.6 Å². The molecule has 0 aromatic carbocycles. The zero-order chi connectivity index (χ0) is 8.43. The van der Waals surface area contributed by atoms with Gasteiger partial charge in [0.15, 0.2) is 5.43 Å². The van der Waals surface area contributed by atoms with E-state index in [1.807, 2.05) is 0 Å². The number of alkyl halides is 2. The van der Waals surface area contributed by atoms with Gasteiger partial charge in [0.2, 0.25) is 0 Å². The summed E-state index contributed by atoms with van der Waals surface area (Å²) >= 11 is 1.78. The van der Waals surface area contributed by atoms with Crippen molar-refractivity contribution >= 4 is 22.6 Å². The van der Waals surface area contributed by atoms with E-state index in [1.54, 1.807) is 22.6 Å². The third-order valence-electron chi connectivity index (χ3n) is 1.07. The van der Waals surface area contributed by atoms with Crippen LogP contribution < -0.4 is 5.43 Å². The second-order valence-corrected chi connectivity index (χ2v) is 3.08. The quantitative estimate of drug-likeness (QED) is 0.614. The molecular formula is C6H4F2INO. The molecule has 1 heterocycles. The molecule has 0 aliphatic carbocycles. The molecule has 60 valence electrons. The summed E-state index contributed by atoms with van der Waals surface area (Å²) in [5.41, 5.74) is -0.731. The molecule has 1 N–H and O–H groups in total. The topological polar surface area (TPSA) is 32.9 Å². The maximum absolute atomic E-state index is 12.0. The van der Waals surface area contributed by atoms with Crippen molar-refractivity contribution in [1.29, 1.82) is 0 Å². The molecule has 0 atom stereocenters. The highest BCUT2D eigenvalue weighted by Crippen LogP contribution is 2.14. The van der Waals surface area contributed by atoms with E-state index in [1.165, 1.54) is 6.07 Å². The molecule has 11 heavy (non-hydrogen) atoms. The minimum atomic E-state index is -2.61. The van der Waals surface area contributed by atoms with Gasteiger partial charge in [-0.2, -0.15) is 0 Å². The summed E-state index contributed by atoms with van der Waals surface area (Å²) in [6.45, 7) is 0. The van der Waals surface area contributed by atoms with E-state index in [9.17, 15) is 13.6 Å². The van der Waals surface area contributed by atoms with Crippen molar-refractivity contribution in [1.82, 2.24) is 4.98 Å². The number of nitrogens with one attached hydrogen (secondary N) is 1. The fourth-order valence-corrected chi connectivity index (χ4v) is 1.27. The first-order valence-electron chi connectivity index (χ1n) is 2.77. The highest BCUT2D eigenvalue weighted by Gasteiger charge is 2.07. The molecule has 0 saturated carbocycles. The smallest absolute Gasteiger partial charge is 0.278 e. The Morgan fingerprint density at radius 1 is 1.45 bits per heavy atom. The van der Waals surface area contributed by atoms with E-state index in [0.29, 0.717) is 3.70 Å². The monoisotopic (exact) mass is 271 g/mol. The third-order valence-corrected chi connectivity index (χ3v) is 1.65. The Morgan fingerprint density at radius 2 is 2.09 bits per heavy atom. The lowest BCUT2D eigenvalue weighted by Gasteiger charge is -1.98. The van der Waals surface area contributed by atoms with Crippen molar-refractivity contribution in [2.75, 3.05) is 0 Å². The van der Waals surface area contributed by atoms with Crippen molar-refractivity contribution in [3.8, 4) is 0 Å². The maximum atomic E-state index is 12.0. The normalized spacial score (nSPS) is 10.5. The zero-order valence-corrected chi connectivity index (χ0v) is 7.43. The zero-order valence-electron chi connectivity index (χ0n) is 5.27. The van der Waals surface area contributed by atoms with E-state index >= 15 is 0 Å². The summed E-state index contributed by atoms with van der Waals surface area (Å²) < 4.78 is 24.3. The number of rotatable bonds is 1. The fraction of sp³-hybridized carbons (Fsp3) is 0.167. The minimum Gasteiger partial charge on any atom is -0.349 e. The summed E-state index contributed by atoms with van der Waals surface area (Å²) in [5, 5.41) is 0. The van der Waals surface area contributed by atoms with Gasteiger partial charge >= 0.3 is 0 Å². The molecule has 0 fully saturated rings. The second-order valence-electron chi connectivity index (χ2n) is 1.92. The molecule has 0 aliphatic heterocycles. The molecule has 1 aromatic heterocycles. The number of aromatic nitrogens is 1. The van der Waals surface area contributed by atoms with Gasteiger partial charge in [-0.25, -0.2) is 8.78 Å². The predicted octanol–water partition coefficient (Wildman–Crippen LogP) is 1.92. The van der Waals surface area contributed by atoms with E-state index < -0.39 is 11.9 Å². The van der Waals surface area contributed by atoms with E-state index in [0.717, 1.165) is 6.07 Å². The number of hydrogen-bond acceptors (Lipinski definition) is 1. The van der Waals surface area contributed by atoms with Gasteiger partial charge in [-0.1, -0.05) is 0 Å². The first-order chi connectivity index (χ1) is 5.09. The first kappa shape index (κ1) is 8.63. The van der Waals surface area contributed by atoms with Crippen LogP contribution in [0.5, 0.6) is 0 Å². The number of halogens is 3. The van der Waals surface area contributed by atoms with Crippen LogP contribution in [-0.4, -0.2) is 4.98 Å². The Kier molecular flexibility index (Phi) is 2.58. The molecule has 1 aromatic rings. The van der Waals surface area contributed by atoms with Crippen LogP contribution >= 0.6 is 22.6 Å². The van der Waals surface area contributed by atoms with Gasteiger partial charge in [0.25, 0.3) is 6.43 Å². The average molecular weight is 271 g/mol. The molecule has 0 aliphatic rings. The van der Waals surface area contributed by atoms with Gasteiger partial charge in [0.05, 0.1) is 9.39 Å². The van der Waals surface area contributed by atoms with Crippen LogP contribution in [0.3, 0.4) is 0 Å². The Balaban J connectivity index is 3.19. The summed E-state index contributed by atoms with van der Waals surface area (Å²) in [6.07, 6.45) is -2.61. The first-order valence-corrected chi connectivity index (χ1v) is 3.85. The lowest BCUT2D eigenvalue weighted by atomic mass is 10.3. The van der Waals surface area contributed by atoms with Crippen molar-refractivity contribution in [2.24, 2.45) is 0 Å². The highest BCUT2D eigenvalue weighted by molar-refractivity contribution is 14.1. The molecule has 0 spiro atoms. The molecule has 0 unspecified atom stereocenters. The van der Waals surface area contributed by atoms with Crippen molar-refractivity contribution in [3.05, 3.63) is 31.8 Å². The van der Waals surface area contributed by atoms with Crippen LogP contribution in [0.2, 0.25) is 0 Å². The van der Waals surface area contributed by atoms with Crippen LogP contribution in [0.1, 0.15) is 12.1 Å². The second kappa shape index (κ2) is 3.29. The van der Waals surface area contributed by atoms with Crippen molar-refractivity contribution in [2.45, 2.75) is 6.43 Å². The Hall–Kier alpha value is -0.460. The summed E-state index contributed by atoms with van der Waals surface area (Å²) in [5.74, 6) is 0. The molecule has 0 radical (unpaired) electrons. The van der Waals surface area contributed by atoms with Gasteiger partial charge in [-0.3, -0.25) is 4.79 Å². The maximum Gasteiger partial charge on any atom is 0.278 e. The molecule has 2 nitrogen and oxygen atoms in total. The van der Waals surface area contributed by atoms with Crippen LogP contribution in [0.15, 0.2) is 16.9 Å². The molecule has 5 heteroatoms. The SMILES string of the molecule is O=c1cc(I)[nH]c(C(F)F)c1. The van der Waals surface area contributed by atoms with Crippen LogP contribution in [0.4, 0.5) is 8.78 Å². The summed E-state index contributed by atoms with van der Waals surface area (Å²) in [4.78, 5) is 13.0. The van der Waals surface area contributed by atoms with Gasteiger partial charge in [0.1, 0.15) is 0 Å². The summed E-state index contributed by atoms with van der Waals surface area (Å²) in [7, 11) is 0. The number of H-pyrrole nitrogens is 1. The summed E-state index contributed by atoms with van der Waals surface area (Å²) in [6, 6.07) is 2.15. The largest absolute Gasteiger partial charge is 0.349 e. The predicted molar refractivity (Wildman–Crippen MR) is 44.7 cm³/mol. The average Bonchev–Trinajstić information content (AvgIpc) is 1.85. The van der Waals surface area contributed by atoms with E-state index in [2.05, 4.69) is 4.98 Å².